The van der Waals surface area contributed by atoms with Crippen molar-refractivity contribution in [2.24, 2.45) is 11.7 Å². The lowest BCUT2D eigenvalue weighted by Crippen LogP contribution is -2.40. The van der Waals surface area contributed by atoms with E-state index in [0.29, 0.717) is 30.9 Å². The largest absolute Gasteiger partial charge is 0.369 e. The molecule has 3 rings (SSSR count). The molecule has 9 heteroatoms. The fraction of sp³-hybridized carbons (Fsp3) is 0.333. The van der Waals surface area contributed by atoms with Gasteiger partial charge in [0.2, 0.25) is 21.8 Å². The van der Waals surface area contributed by atoms with E-state index >= 15 is 0 Å². The maximum atomic E-state index is 12.5. The number of nitrogens with one attached hydrogen (secondary N) is 2. The van der Waals surface area contributed by atoms with Gasteiger partial charge in [0.1, 0.15) is 0 Å². The summed E-state index contributed by atoms with van der Waals surface area (Å²) in [5.74, 6) is -0.693. The van der Waals surface area contributed by atoms with E-state index in [9.17, 15) is 18.0 Å². The molecule has 0 bridgehead atoms. The van der Waals surface area contributed by atoms with Crippen molar-refractivity contribution in [3.8, 4) is 0 Å². The maximum absolute atomic E-state index is 12.5. The summed E-state index contributed by atoms with van der Waals surface area (Å²) in [6.07, 6.45) is 4.77. The topological polar surface area (TPSA) is 122 Å². The first-order valence-corrected chi connectivity index (χ1v) is 12.4. The molecule has 1 heterocycles. The molecule has 1 atom stereocenters. The van der Waals surface area contributed by atoms with Crippen molar-refractivity contribution in [1.29, 1.82) is 0 Å². The molecule has 0 spiro atoms. The Morgan fingerprint density at radius 2 is 1.88 bits per heavy atom. The smallest absolute Gasteiger partial charge is 0.248 e. The summed E-state index contributed by atoms with van der Waals surface area (Å²) >= 11 is 0. The highest BCUT2D eigenvalue weighted by Crippen LogP contribution is 2.22. The van der Waals surface area contributed by atoms with Gasteiger partial charge in [-0.1, -0.05) is 37.3 Å². The van der Waals surface area contributed by atoms with Crippen LogP contribution in [0.25, 0.3) is 6.08 Å². The summed E-state index contributed by atoms with van der Waals surface area (Å²) < 4.78 is 26.5. The fourth-order valence-corrected chi connectivity index (χ4v) is 4.87. The number of sulfonamides is 1. The standard InChI is InChI=1S/C24H30N4O4S/c1-2-26-33(31,32)21-12-9-18(10-13-21)11-14-23(29)27-22-8-4-3-6-19(22)16-28-15-5-7-20(17-28)24(25)30/h3-4,6,8-14,20,26H,2,5,7,15-17H2,1H3,(H2,25,30)(H,27,29)/b14-11+. The van der Waals surface area contributed by atoms with Gasteiger partial charge in [0, 0.05) is 31.4 Å². The van der Waals surface area contributed by atoms with E-state index < -0.39 is 10.0 Å². The molecule has 1 aliphatic rings. The lowest BCUT2D eigenvalue weighted by atomic mass is 9.97. The van der Waals surface area contributed by atoms with Crippen molar-refractivity contribution in [2.45, 2.75) is 31.2 Å². The van der Waals surface area contributed by atoms with Crippen LogP contribution in [0.4, 0.5) is 5.69 Å². The van der Waals surface area contributed by atoms with Crippen LogP contribution >= 0.6 is 0 Å². The molecule has 8 nitrogen and oxygen atoms in total. The highest BCUT2D eigenvalue weighted by atomic mass is 32.2. The SMILES string of the molecule is CCNS(=O)(=O)c1ccc(/C=C/C(=O)Nc2ccccc2CN2CCCC(C(N)=O)C2)cc1. The number of piperidine rings is 1. The first kappa shape index (κ1) is 24.6. The maximum Gasteiger partial charge on any atom is 0.248 e. The Morgan fingerprint density at radius 1 is 1.15 bits per heavy atom. The number of carbonyl (C=O) groups excluding carboxylic acids is 2. The van der Waals surface area contributed by atoms with Gasteiger partial charge in [-0.25, -0.2) is 13.1 Å². The molecule has 1 saturated heterocycles. The van der Waals surface area contributed by atoms with E-state index in [4.69, 9.17) is 5.73 Å². The summed E-state index contributed by atoms with van der Waals surface area (Å²) in [6.45, 7) is 4.15. The van der Waals surface area contributed by atoms with Gasteiger partial charge in [0.05, 0.1) is 10.8 Å². The van der Waals surface area contributed by atoms with E-state index in [-0.39, 0.29) is 22.6 Å². The molecule has 2 amide bonds. The number of hydrogen-bond donors (Lipinski definition) is 3. The quantitative estimate of drug-likeness (QED) is 0.486. The zero-order chi connectivity index (χ0) is 23.8. The summed E-state index contributed by atoms with van der Waals surface area (Å²) in [4.78, 5) is 26.4. The molecular weight excluding hydrogens is 440 g/mol. The molecule has 1 aliphatic heterocycles. The Bertz CT molecular complexity index is 1110. The molecule has 2 aromatic carbocycles. The molecule has 1 fully saturated rings. The zero-order valence-electron chi connectivity index (χ0n) is 18.7. The summed E-state index contributed by atoms with van der Waals surface area (Å²) in [5, 5.41) is 2.91. The van der Waals surface area contributed by atoms with E-state index in [1.165, 1.54) is 18.2 Å². The van der Waals surface area contributed by atoms with E-state index in [2.05, 4.69) is 14.9 Å². The number of benzene rings is 2. The van der Waals surface area contributed by atoms with Crippen LogP contribution in [-0.2, 0) is 26.2 Å². The number of anilines is 1. The van der Waals surface area contributed by atoms with Gasteiger partial charge in [-0.15, -0.1) is 0 Å². The number of nitrogens with two attached hydrogens (primary N) is 1. The Balaban J connectivity index is 1.63. The fourth-order valence-electron chi connectivity index (χ4n) is 3.83. The van der Waals surface area contributed by atoms with Crippen LogP contribution in [0.1, 0.15) is 30.9 Å². The van der Waals surface area contributed by atoms with E-state index in [0.717, 1.165) is 24.9 Å². The van der Waals surface area contributed by atoms with Crippen LogP contribution in [0.5, 0.6) is 0 Å². The molecule has 0 aromatic heterocycles. The highest BCUT2D eigenvalue weighted by molar-refractivity contribution is 7.89. The number of rotatable bonds is 9. The number of nitrogens with zero attached hydrogens (tertiary/aromatic N) is 1. The number of primary amides is 1. The molecule has 176 valence electrons. The van der Waals surface area contributed by atoms with Crippen LogP contribution in [0, 0.1) is 5.92 Å². The average molecular weight is 471 g/mol. The Kier molecular flexibility index (Phi) is 8.37. The number of amides is 2. The number of para-hydroxylation sites is 1. The van der Waals surface area contributed by atoms with Crippen LogP contribution in [0.3, 0.4) is 0 Å². The second-order valence-corrected chi connectivity index (χ2v) is 9.79. The first-order valence-electron chi connectivity index (χ1n) is 11.0. The molecule has 0 saturated carbocycles. The minimum Gasteiger partial charge on any atom is -0.369 e. The Morgan fingerprint density at radius 3 is 2.58 bits per heavy atom. The first-order chi connectivity index (χ1) is 15.8. The molecule has 2 aromatic rings. The highest BCUT2D eigenvalue weighted by Gasteiger charge is 2.24. The third-order valence-electron chi connectivity index (χ3n) is 5.53. The van der Waals surface area contributed by atoms with Gasteiger partial charge in [0.15, 0.2) is 0 Å². The molecule has 0 radical (unpaired) electrons. The van der Waals surface area contributed by atoms with Crippen molar-refractivity contribution in [3.05, 3.63) is 65.7 Å². The molecular formula is C24H30N4O4S. The molecule has 0 aliphatic carbocycles. The minimum absolute atomic E-state index is 0.137. The summed E-state index contributed by atoms with van der Waals surface area (Å²) in [6, 6.07) is 13.9. The van der Waals surface area contributed by atoms with Gasteiger partial charge in [-0.3, -0.25) is 14.5 Å². The predicted molar refractivity (Wildman–Crippen MR) is 129 cm³/mol. The van der Waals surface area contributed by atoms with Gasteiger partial charge < -0.3 is 11.1 Å². The molecule has 4 N–H and O–H groups in total. The van der Waals surface area contributed by atoms with E-state index in [1.807, 2.05) is 24.3 Å². The van der Waals surface area contributed by atoms with Crippen LogP contribution in [0.2, 0.25) is 0 Å². The Labute approximate surface area is 194 Å². The monoisotopic (exact) mass is 470 g/mol. The third kappa shape index (κ3) is 6.98. The van der Waals surface area contributed by atoms with Crippen LogP contribution in [-0.4, -0.2) is 44.8 Å². The number of carbonyl (C=O) groups is 2. The van der Waals surface area contributed by atoms with Gasteiger partial charge in [-0.2, -0.15) is 0 Å². The van der Waals surface area contributed by atoms with E-state index in [1.54, 1.807) is 25.1 Å². The van der Waals surface area contributed by atoms with Crippen molar-refractivity contribution in [3.63, 3.8) is 0 Å². The third-order valence-corrected chi connectivity index (χ3v) is 7.09. The second-order valence-electron chi connectivity index (χ2n) is 8.03. The van der Waals surface area contributed by atoms with Gasteiger partial charge in [-0.05, 0) is 54.8 Å². The van der Waals surface area contributed by atoms with Gasteiger partial charge >= 0.3 is 0 Å². The number of hydrogen-bond acceptors (Lipinski definition) is 5. The molecule has 33 heavy (non-hydrogen) atoms. The van der Waals surface area contributed by atoms with Crippen molar-refractivity contribution < 1.29 is 18.0 Å². The average Bonchev–Trinajstić information content (AvgIpc) is 2.79. The lowest BCUT2D eigenvalue weighted by Gasteiger charge is -2.31. The second kappa shape index (κ2) is 11.2. The van der Waals surface area contributed by atoms with Crippen LogP contribution in [0.15, 0.2) is 59.5 Å². The van der Waals surface area contributed by atoms with Crippen molar-refractivity contribution in [1.82, 2.24) is 9.62 Å². The Hall–Kier alpha value is -3.01. The zero-order valence-corrected chi connectivity index (χ0v) is 19.5. The summed E-state index contributed by atoms with van der Waals surface area (Å²) in [5.41, 5.74) is 7.86. The predicted octanol–water partition coefficient (Wildman–Crippen LogP) is 2.33. The number of likely N-dealkylation sites (tertiary alicyclic amines) is 1. The summed E-state index contributed by atoms with van der Waals surface area (Å²) in [7, 11) is -3.51. The van der Waals surface area contributed by atoms with Gasteiger partial charge in [0.25, 0.3) is 0 Å². The van der Waals surface area contributed by atoms with Crippen molar-refractivity contribution >= 4 is 33.6 Å². The minimum atomic E-state index is -3.51. The lowest BCUT2D eigenvalue weighted by molar-refractivity contribution is -0.123. The normalized spacial score (nSPS) is 17.2. The van der Waals surface area contributed by atoms with Crippen molar-refractivity contribution in [2.75, 3.05) is 25.0 Å². The van der Waals surface area contributed by atoms with Crippen LogP contribution < -0.4 is 15.8 Å². The molecule has 1 unspecified atom stereocenters.